The third-order valence-corrected chi connectivity index (χ3v) is 2.63. The number of rotatable bonds is 4. The Bertz CT molecular complexity index is 427. The normalized spacial score (nSPS) is 11.4. The number of halogens is 3. The number of ether oxygens (including phenoxy) is 1. The van der Waals surface area contributed by atoms with E-state index in [1.807, 2.05) is 0 Å². The Morgan fingerprint density at radius 1 is 1.50 bits per heavy atom. The molecule has 16 heavy (non-hydrogen) atoms. The van der Waals surface area contributed by atoms with E-state index in [0.29, 0.717) is 21.4 Å². The van der Waals surface area contributed by atoms with Gasteiger partial charge in [0.2, 0.25) is 0 Å². The van der Waals surface area contributed by atoms with Crippen LogP contribution in [0.3, 0.4) is 0 Å². The molecule has 1 aromatic carbocycles. The Morgan fingerprint density at radius 2 is 2.19 bits per heavy atom. The average Bonchev–Trinajstić information content (AvgIpc) is 2.26. The van der Waals surface area contributed by atoms with Crippen molar-refractivity contribution >= 4 is 40.6 Å². The first kappa shape index (κ1) is 13.4. The molecule has 0 saturated carbocycles. The monoisotopic (exact) mass is 278 g/mol. The fourth-order valence-electron chi connectivity index (χ4n) is 1.08. The molecule has 0 aliphatic carbocycles. The average molecular weight is 280 g/mol. The van der Waals surface area contributed by atoms with Gasteiger partial charge in [0, 0.05) is 10.6 Å². The van der Waals surface area contributed by atoms with Gasteiger partial charge in [-0.3, -0.25) is 4.79 Å². The molecule has 0 unspecified atom stereocenters. The third-order valence-electron chi connectivity index (χ3n) is 1.80. The van der Waals surface area contributed by atoms with E-state index in [4.69, 9.17) is 39.5 Å². The van der Waals surface area contributed by atoms with E-state index in [2.05, 4.69) is 0 Å². The molecule has 5 heteroatoms. The Kier molecular flexibility index (Phi) is 5.13. The summed E-state index contributed by atoms with van der Waals surface area (Å²) < 4.78 is 5.34. The maximum Gasteiger partial charge on any atom is 0.163 e. The molecular weight excluding hydrogens is 270 g/mol. The van der Waals surface area contributed by atoms with Crippen molar-refractivity contribution in [2.75, 3.05) is 6.61 Å². The van der Waals surface area contributed by atoms with Crippen molar-refractivity contribution in [3.05, 3.63) is 39.4 Å². The molecule has 0 aliphatic rings. The van der Waals surface area contributed by atoms with Gasteiger partial charge < -0.3 is 4.74 Å². The number of Topliss-reactive ketones (excluding diaryl/α,β-unsaturated/α-hetero) is 1. The molecular formula is C11H9Cl3O2. The van der Waals surface area contributed by atoms with Crippen molar-refractivity contribution < 1.29 is 9.53 Å². The highest BCUT2D eigenvalue weighted by Gasteiger charge is 2.09. The second-order valence-corrected chi connectivity index (χ2v) is 4.18. The fourth-order valence-corrected chi connectivity index (χ4v) is 1.37. The number of carbonyl (C=O) groups is 1. The van der Waals surface area contributed by atoms with Crippen LogP contribution in [0, 0.1) is 0 Å². The summed E-state index contributed by atoms with van der Waals surface area (Å²) in [6.45, 7) is 1.56. The minimum Gasteiger partial charge on any atom is -0.487 e. The van der Waals surface area contributed by atoms with Crippen LogP contribution in [-0.2, 0) is 0 Å². The summed E-state index contributed by atoms with van der Waals surface area (Å²) in [5.74, 6) is 0.317. The highest BCUT2D eigenvalue weighted by molar-refractivity contribution is 6.36. The van der Waals surface area contributed by atoms with Crippen LogP contribution < -0.4 is 4.74 Å². The predicted octanol–water partition coefficient (Wildman–Crippen LogP) is 4.24. The molecule has 0 atom stereocenters. The van der Waals surface area contributed by atoms with Gasteiger partial charge in [0.25, 0.3) is 0 Å². The maximum absolute atomic E-state index is 11.3. The van der Waals surface area contributed by atoms with E-state index in [1.165, 1.54) is 12.5 Å². The summed E-state index contributed by atoms with van der Waals surface area (Å²) in [5, 5.41) is 0.836. The van der Waals surface area contributed by atoms with Crippen LogP contribution in [0.4, 0.5) is 0 Å². The molecule has 0 saturated heterocycles. The van der Waals surface area contributed by atoms with Crippen LogP contribution in [0.5, 0.6) is 5.75 Å². The van der Waals surface area contributed by atoms with Gasteiger partial charge in [-0.05, 0) is 25.1 Å². The molecule has 0 radical (unpaired) electrons. The summed E-state index contributed by atoms with van der Waals surface area (Å²) in [6, 6.07) is 4.82. The van der Waals surface area contributed by atoms with Crippen molar-refractivity contribution in [2.45, 2.75) is 6.92 Å². The van der Waals surface area contributed by atoms with Crippen LogP contribution in [0.2, 0.25) is 5.02 Å². The molecule has 0 aliphatic heterocycles. The maximum atomic E-state index is 11.3. The van der Waals surface area contributed by atoms with Crippen LogP contribution >= 0.6 is 34.8 Å². The Hall–Kier alpha value is -0.700. The molecule has 0 aromatic heterocycles. The first-order valence-corrected chi connectivity index (χ1v) is 5.62. The van der Waals surface area contributed by atoms with Gasteiger partial charge in [0.05, 0.1) is 10.6 Å². The van der Waals surface area contributed by atoms with Crippen LogP contribution in [0.1, 0.15) is 17.3 Å². The highest BCUT2D eigenvalue weighted by Crippen LogP contribution is 2.24. The first-order chi connectivity index (χ1) is 7.54. The lowest BCUT2D eigenvalue weighted by Crippen LogP contribution is -2.02. The summed E-state index contributed by atoms with van der Waals surface area (Å²) in [4.78, 5) is 11.3. The van der Waals surface area contributed by atoms with Gasteiger partial charge in [-0.2, -0.15) is 0 Å². The molecule has 0 heterocycles. The van der Waals surface area contributed by atoms with E-state index in [0.717, 1.165) is 0 Å². The number of hydrogen-bond donors (Lipinski definition) is 0. The SMILES string of the molecule is CC(=O)c1cc(Cl)ccc1OCC(Cl)=CCl. The summed E-state index contributed by atoms with van der Waals surface area (Å²) in [5.41, 5.74) is 1.64. The van der Waals surface area contributed by atoms with Crippen LogP contribution in [-0.4, -0.2) is 12.4 Å². The Balaban J connectivity index is 2.91. The number of ketones is 1. The zero-order valence-corrected chi connectivity index (χ0v) is 10.7. The van der Waals surface area contributed by atoms with E-state index < -0.39 is 0 Å². The van der Waals surface area contributed by atoms with E-state index in [9.17, 15) is 4.79 Å². The topological polar surface area (TPSA) is 26.3 Å². The second kappa shape index (κ2) is 6.14. The highest BCUT2D eigenvalue weighted by atomic mass is 35.5. The van der Waals surface area contributed by atoms with Gasteiger partial charge in [0.15, 0.2) is 5.78 Å². The van der Waals surface area contributed by atoms with Gasteiger partial charge in [-0.1, -0.05) is 34.8 Å². The lowest BCUT2D eigenvalue weighted by atomic mass is 10.1. The fraction of sp³-hybridized carbons (Fsp3) is 0.182. The van der Waals surface area contributed by atoms with Gasteiger partial charge in [-0.15, -0.1) is 0 Å². The lowest BCUT2D eigenvalue weighted by Gasteiger charge is -2.09. The van der Waals surface area contributed by atoms with Crippen molar-refractivity contribution in [3.63, 3.8) is 0 Å². The smallest absolute Gasteiger partial charge is 0.163 e. The van der Waals surface area contributed by atoms with E-state index in [1.54, 1.807) is 18.2 Å². The predicted molar refractivity (Wildman–Crippen MR) is 66.7 cm³/mol. The molecule has 1 aromatic rings. The molecule has 0 bridgehead atoms. The Labute approximate surface area is 109 Å². The van der Waals surface area contributed by atoms with Crippen molar-refractivity contribution in [3.8, 4) is 5.75 Å². The van der Waals surface area contributed by atoms with E-state index >= 15 is 0 Å². The van der Waals surface area contributed by atoms with Gasteiger partial charge in [0.1, 0.15) is 12.4 Å². The third kappa shape index (κ3) is 3.71. The van der Waals surface area contributed by atoms with Gasteiger partial charge in [-0.25, -0.2) is 0 Å². The number of carbonyl (C=O) groups excluding carboxylic acids is 1. The summed E-state index contributed by atoms with van der Waals surface area (Å²) >= 11 is 16.8. The molecule has 0 spiro atoms. The molecule has 0 fully saturated rings. The lowest BCUT2D eigenvalue weighted by molar-refractivity contribution is 0.101. The second-order valence-electron chi connectivity index (χ2n) is 3.04. The van der Waals surface area contributed by atoms with Crippen molar-refractivity contribution in [2.24, 2.45) is 0 Å². The largest absolute Gasteiger partial charge is 0.487 e. The molecule has 0 N–H and O–H groups in total. The van der Waals surface area contributed by atoms with Crippen LogP contribution in [0.15, 0.2) is 28.8 Å². The zero-order chi connectivity index (χ0) is 12.1. The Morgan fingerprint density at radius 3 is 2.75 bits per heavy atom. The van der Waals surface area contributed by atoms with Crippen molar-refractivity contribution in [1.29, 1.82) is 0 Å². The zero-order valence-electron chi connectivity index (χ0n) is 8.47. The molecule has 1 rings (SSSR count). The molecule has 2 nitrogen and oxygen atoms in total. The standard InChI is InChI=1S/C11H9Cl3O2/c1-7(15)10-4-8(13)2-3-11(10)16-6-9(14)5-12/h2-5H,6H2,1H3. The van der Waals surface area contributed by atoms with Crippen LogP contribution in [0.25, 0.3) is 0 Å². The van der Waals surface area contributed by atoms with E-state index in [-0.39, 0.29) is 12.4 Å². The summed E-state index contributed by atoms with van der Waals surface area (Å²) in [7, 11) is 0. The molecule has 0 amide bonds. The first-order valence-electron chi connectivity index (χ1n) is 4.42. The van der Waals surface area contributed by atoms with Gasteiger partial charge >= 0.3 is 0 Å². The summed E-state index contributed by atoms with van der Waals surface area (Å²) in [6.07, 6.45) is 0. The number of hydrogen-bond acceptors (Lipinski definition) is 2. The minimum absolute atomic E-state index is 0.118. The minimum atomic E-state index is -0.122. The quantitative estimate of drug-likeness (QED) is 0.771. The van der Waals surface area contributed by atoms with Crippen molar-refractivity contribution in [1.82, 2.24) is 0 Å². The molecule has 86 valence electrons. The number of benzene rings is 1.